The quantitative estimate of drug-likeness (QED) is 0.321. The van der Waals surface area contributed by atoms with E-state index in [9.17, 15) is 5.21 Å². The van der Waals surface area contributed by atoms with Gasteiger partial charge in [-0.05, 0) is 85.4 Å². The maximum atomic E-state index is 9.81. The molecule has 0 radical (unpaired) electrons. The zero-order valence-corrected chi connectivity index (χ0v) is 23.0. The van der Waals surface area contributed by atoms with Gasteiger partial charge in [0.25, 0.3) is 0 Å². The molecule has 4 aliphatic carbocycles. The van der Waals surface area contributed by atoms with Gasteiger partial charge >= 0.3 is 0 Å². The van der Waals surface area contributed by atoms with E-state index in [1.54, 1.807) is 0 Å². The molecule has 4 saturated carbocycles. The Morgan fingerprint density at radius 2 is 1.70 bits per heavy atom. The molecule has 0 amide bonds. The first-order valence-corrected chi connectivity index (χ1v) is 14.3. The number of rotatable bonds is 6. The fraction of sp³-hybridized carbons (Fsp3) is 0.967. The van der Waals surface area contributed by atoms with Crippen molar-refractivity contribution in [2.45, 2.75) is 119 Å². The lowest BCUT2D eigenvalue weighted by Gasteiger charge is -2.65. The zero-order valence-electron chi connectivity index (χ0n) is 23.0. The number of oxime groups is 1. The molecule has 3 heteroatoms. The molecular weight excluding hydrogens is 406 g/mol. The molecule has 9 atom stereocenters. The van der Waals surface area contributed by atoms with Crippen LogP contribution in [0.15, 0.2) is 5.16 Å². The fourth-order valence-electron chi connectivity index (χ4n) is 10.4. The van der Waals surface area contributed by atoms with Gasteiger partial charge in [-0.1, -0.05) is 72.9 Å². The number of methoxy groups -OCH3 is 1. The summed E-state index contributed by atoms with van der Waals surface area (Å²) in [4.78, 5) is 0. The van der Waals surface area contributed by atoms with Gasteiger partial charge in [0.05, 0.1) is 11.8 Å². The SMILES string of the molecule is CO[C@@H]1C/C(=N/O)C(C)(C)[C@@H]2CC[C@H]3[C@@H]4CC[C@H]([C@H](C)CCCC(C)C)[C@@]4(C)CC[C@@H]3[C@@]12C. The summed E-state index contributed by atoms with van der Waals surface area (Å²) in [5, 5.41) is 13.6. The minimum Gasteiger partial charge on any atom is -0.411 e. The van der Waals surface area contributed by atoms with Crippen molar-refractivity contribution in [3.05, 3.63) is 0 Å². The highest BCUT2D eigenvalue weighted by atomic mass is 16.5. The average Bonchev–Trinajstić information content (AvgIpc) is 3.10. The smallest absolute Gasteiger partial charge is 0.0684 e. The summed E-state index contributed by atoms with van der Waals surface area (Å²) in [5.74, 6) is 5.63. The predicted octanol–water partition coefficient (Wildman–Crippen LogP) is 8.20. The Hall–Kier alpha value is -0.570. The second-order valence-electron chi connectivity index (χ2n) is 14.1. The van der Waals surface area contributed by atoms with Crippen LogP contribution >= 0.6 is 0 Å². The Bertz CT molecular complexity index is 729. The van der Waals surface area contributed by atoms with E-state index in [2.05, 4.69) is 53.6 Å². The third kappa shape index (κ3) is 3.91. The van der Waals surface area contributed by atoms with Crippen LogP contribution in [0.25, 0.3) is 0 Å². The lowest BCUT2D eigenvalue weighted by atomic mass is 9.40. The van der Waals surface area contributed by atoms with Crippen molar-refractivity contribution in [2.24, 2.45) is 62.8 Å². The molecule has 0 aliphatic heterocycles. The van der Waals surface area contributed by atoms with E-state index in [4.69, 9.17) is 4.74 Å². The second kappa shape index (κ2) is 9.14. The molecule has 4 rings (SSSR count). The topological polar surface area (TPSA) is 41.8 Å². The Morgan fingerprint density at radius 3 is 2.33 bits per heavy atom. The largest absolute Gasteiger partial charge is 0.411 e. The lowest BCUT2D eigenvalue weighted by Crippen LogP contribution is -2.63. The third-order valence-corrected chi connectivity index (χ3v) is 12.1. The van der Waals surface area contributed by atoms with Crippen LogP contribution in [0.1, 0.15) is 113 Å². The Balaban J connectivity index is 1.57. The zero-order chi connectivity index (χ0) is 24.2. The van der Waals surface area contributed by atoms with Gasteiger partial charge in [-0.2, -0.15) is 0 Å². The molecule has 3 nitrogen and oxygen atoms in total. The van der Waals surface area contributed by atoms with Gasteiger partial charge in [0.15, 0.2) is 0 Å². The van der Waals surface area contributed by atoms with Gasteiger partial charge < -0.3 is 9.94 Å². The van der Waals surface area contributed by atoms with Crippen molar-refractivity contribution in [3.63, 3.8) is 0 Å². The highest BCUT2D eigenvalue weighted by Crippen LogP contribution is 2.70. The van der Waals surface area contributed by atoms with Crippen molar-refractivity contribution in [2.75, 3.05) is 7.11 Å². The van der Waals surface area contributed by atoms with Gasteiger partial charge in [-0.15, -0.1) is 0 Å². The van der Waals surface area contributed by atoms with Crippen LogP contribution in [0.3, 0.4) is 0 Å². The molecule has 33 heavy (non-hydrogen) atoms. The summed E-state index contributed by atoms with van der Waals surface area (Å²) in [5.41, 5.74) is 1.61. The molecule has 4 fully saturated rings. The summed E-state index contributed by atoms with van der Waals surface area (Å²) in [7, 11) is 1.89. The van der Waals surface area contributed by atoms with Crippen molar-refractivity contribution in [1.29, 1.82) is 0 Å². The summed E-state index contributed by atoms with van der Waals surface area (Å²) in [6, 6.07) is 0. The van der Waals surface area contributed by atoms with Crippen molar-refractivity contribution in [1.82, 2.24) is 0 Å². The average molecular weight is 460 g/mol. The van der Waals surface area contributed by atoms with Crippen LogP contribution in [-0.4, -0.2) is 24.1 Å². The second-order valence-corrected chi connectivity index (χ2v) is 14.1. The van der Waals surface area contributed by atoms with E-state index in [0.717, 1.165) is 47.6 Å². The minimum atomic E-state index is -0.0482. The van der Waals surface area contributed by atoms with Gasteiger partial charge in [-0.3, -0.25) is 0 Å². The van der Waals surface area contributed by atoms with E-state index < -0.39 is 0 Å². The molecule has 0 bridgehead atoms. The molecule has 0 aromatic carbocycles. The fourth-order valence-corrected chi connectivity index (χ4v) is 10.4. The maximum absolute atomic E-state index is 9.81. The predicted molar refractivity (Wildman–Crippen MR) is 138 cm³/mol. The highest BCUT2D eigenvalue weighted by molar-refractivity contribution is 5.91. The molecule has 0 aromatic heterocycles. The van der Waals surface area contributed by atoms with E-state index in [-0.39, 0.29) is 16.9 Å². The summed E-state index contributed by atoms with van der Waals surface area (Å²) in [6.07, 6.45) is 13.4. The first-order valence-electron chi connectivity index (χ1n) is 14.3. The van der Waals surface area contributed by atoms with Gasteiger partial charge in [0.2, 0.25) is 0 Å². The van der Waals surface area contributed by atoms with Crippen LogP contribution in [0.5, 0.6) is 0 Å². The van der Waals surface area contributed by atoms with Crippen LogP contribution in [-0.2, 0) is 4.74 Å². The van der Waals surface area contributed by atoms with Crippen molar-refractivity contribution in [3.8, 4) is 0 Å². The van der Waals surface area contributed by atoms with E-state index in [0.29, 0.717) is 11.3 Å². The molecule has 0 heterocycles. The standard InChI is InChI=1S/C30H53NO2/c1-19(2)10-9-11-20(3)22-13-14-23-21-12-15-25-28(4,5)26(31-32)18-27(33-8)30(25,7)24(21)16-17-29(22,23)6/h19-25,27,32H,9-18H2,1-8H3/b31-26-/t20-,21+,22-,23+,24+,25+,27-,29-,30-/m1/s1. The molecule has 4 aliphatic rings. The maximum Gasteiger partial charge on any atom is 0.0684 e. The molecule has 0 saturated heterocycles. The van der Waals surface area contributed by atoms with Crippen molar-refractivity contribution < 1.29 is 9.94 Å². The summed E-state index contributed by atoms with van der Waals surface area (Å²) in [6.45, 7) is 17.2. The van der Waals surface area contributed by atoms with Gasteiger partial charge in [0, 0.05) is 24.4 Å². The molecular formula is C30H53NO2. The normalized spacial score (nSPS) is 46.6. The number of fused-ring (bicyclic) bond motifs is 5. The summed E-state index contributed by atoms with van der Waals surface area (Å²) >= 11 is 0. The van der Waals surface area contributed by atoms with E-state index in [1.165, 1.54) is 57.8 Å². The third-order valence-electron chi connectivity index (χ3n) is 12.1. The molecule has 0 aromatic rings. The van der Waals surface area contributed by atoms with Gasteiger partial charge in [-0.25, -0.2) is 0 Å². The van der Waals surface area contributed by atoms with Crippen LogP contribution in [0.4, 0.5) is 0 Å². The highest BCUT2D eigenvalue weighted by Gasteiger charge is 2.65. The van der Waals surface area contributed by atoms with Crippen LogP contribution in [0.2, 0.25) is 0 Å². The Morgan fingerprint density at radius 1 is 0.970 bits per heavy atom. The number of hydrogen-bond acceptors (Lipinski definition) is 3. The molecule has 190 valence electrons. The van der Waals surface area contributed by atoms with E-state index in [1.807, 2.05) is 7.11 Å². The van der Waals surface area contributed by atoms with Crippen LogP contribution in [0, 0.1) is 57.7 Å². The molecule has 1 N–H and O–H groups in total. The number of ether oxygens (including phenoxy) is 1. The molecule has 0 unspecified atom stereocenters. The first-order chi connectivity index (χ1) is 15.5. The number of nitrogens with zero attached hydrogens (tertiary/aromatic N) is 1. The summed E-state index contributed by atoms with van der Waals surface area (Å²) < 4.78 is 6.21. The Kier molecular flexibility index (Phi) is 7.07. The van der Waals surface area contributed by atoms with E-state index >= 15 is 0 Å². The Labute approximate surface area is 204 Å². The number of hydrogen-bond donors (Lipinski definition) is 1. The van der Waals surface area contributed by atoms with Crippen LogP contribution < -0.4 is 0 Å². The minimum absolute atomic E-state index is 0.0482. The van der Waals surface area contributed by atoms with Gasteiger partial charge in [0.1, 0.15) is 0 Å². The monoisotopic (exact) mass is 459 g/mol. The lowest BCUT2D eigenvalue weighted by molar-refractivity contribution is -0.179. The molecule has 0 spiro atoms. The van der Waals surface area contributed by atoms with Crippen molar-refractivity contribution >= 4 is 5.71 Å². The first kappa shape index (κ1) is 25.5.